The average Bonchev–Trinajstić information content (AvgIpc) is 3.07. The predicted octanol–water partition coefficient (Wildman–Crippen LogP) is 3.04. The second kappa shape index (κ2) is 10.2. The monoisotopic (exact) mass is 371 g/mol. The van der Waals surface area contributed by atoms with E-state index in [0.29, 0.717) is 30.4 Å². The topological polar surface area (TPSA) is 90.6 Å². The van der Waals surface area contributed by atoms with Crippen molar-refractivity contribution in [1.29, 1.82) is 5.26 Å². The summed E-state index contributed by atoms with van der Waals surface area (Å²) in [5, 5.41) is 15.2. The first-order valence-electron chi connectivity index (χ1n) is 8.19. The number of anilines is 2. The number of hydrogen-bond donors (Lipinski definition) is 1. The van der Waals surface area contributed by atoms with Crippen molar-refractivity contribution in [2.45, 2.75) is 19.8 Å². The van der Waals surface area contributed by atoms with Crippen molar-refractivity contribution in [3.05, 3.63) is 40.9 Å². The molecule has 0 aliphatic carbocycles. The lowest BCUT2D eigenvalue weighted by Crippen LogP contribution is -2.17. The van der Waals surface area contributed by atoms with Crippen LogP contribution in [0.3, 0.4) is 0 Å². The first kappa shape index (κ1) is 19.4. The van der Waals surface area contributed by atoms with Crippen molar-refractivity contribution in [3.63, 3.8) is 0 Å². The van der Waals surface area contributed by atoms with Gasteiger partial charge < -0.3 is 9.64 Å². The van der Waals surface area contributed by atoms with Gasteiger partial charge >= 0.3 is 5.97 Å². The second-order valence-electron chi connectivity index (χ2n) is 5.42. The molecule has 0 aliphatic heterocycles. The first-order valence-corrected chi connectivity index (χ1v) is 9.07. The molecule has 1 aromatic carbocycles. The fourth-order valence-corrected chi connectivity index (χ4v) is 2.78. The minimum atomic E-state index is -0.285. The van der Waals surface area contributed by atoms with E-state index in [0.717, 1.165) is 11.3 Å². The van der Waals surface area contributed by atoms with E-state index in [2.05, 4.69) is 21.6 Å². The Balaban J connectivity index is 1.86. The molecule has 1 N–H and O–H groups in total. The number of nitrogens with zero attached hydrogens (tertiary/aromatic N) is 4. The van der Waals surface area contributed by atoms with Crippen molar-refractivity contribution in [2.75, 3.05) is 30.5 Å². The number of nitrogens with one attached hydrogen (secondary N) is 1. The third-order valence-electron chi connectivity index (χ3n) is 3.45. The molecule has 0 unspecified atom stereocenters. The Hall–Kier alpha value is -2.92. The predicted molar refractivity (Wildman–Crippen MR) is 104 cm³/mol. The van der Waals surface area contributed by atoms with Crippen LogP contribution in [0.25, 0.3) is 0 Å². The third kappa shape index (κ3) is 6.18. The zero-order valence-electron chi connectivity index (χ0n) is 14.8. The van der Waals surface area contributed by atoms with E-state index < -0.39 is 0 Å². The van der Waals surface area contributed by atoms with Crippen molar-refractivity contribution >= 4 is 34.3 Å². The molecule has 1 aromatic heterocycles. The standard InChI is InChI=1S/C18H21N5O2S/c1-3-25-17(24)11-15-13-26-18(21-15)22-20-12-14-5-7-16(8-6-14)23(2)10-4-9-19/h5-8,12-13H,3-4,10-11H2,1-2H3,(H,21,22). The van der Waals surface area contributed by atoms with Crippen LogP contribution in [0.5, 0.6) is 0 Å². The van der Waals surface area contributed by atoms with Crippen LogP contribution in [0.15, 0.2) is 34.7 Å². The maximum absolute atomic E-state index is 11.4. The van der Waals surface area contributed by atoms with Crippen LogP contribution in [-0.4, -0.2) is 37.4 Å². The highest BCUT2D eigenvalue weighted by molar-refractivity contribution is 7.13. The van der Waals surface area contributed by atoms with Crippen LogP contribution in [0.4, 0.5) is 10.8 Å². The van der Waals surface area contributed by atoms with Crippen LogP contribution in [-0.2, 0) is 16.0 Å². The highest BCUT2D eigenvalue weighted by Crippen LogP contribution is 2.16. The van der Waals surface area contributed by atoms with Crippen LogP contribution < -0.4 is 10.3 Å². The Kier molecular flexibility index (Phi) is 7.58. The van der Waals surface area contributed by atoms with Gasteiger partial charge in [0.1, 0.15) is 0 Å². The fourth-order valence-electron chi connectivity index (χ4n) is 2.12. The Morgan fingerprint density at radius 3 is 2.92 bits per heavy atom. The molecule has 0 atom stereocenters. The SMILES string of the molecule is CCOC(=O)Cc1csc(NN=Cc2ccc(N(C)CCC#N)cc2)n1. The van der Waals surface area contributed by atoms with Gasteiger partial charge in [0.25, 0.3) is 0 Å². The number of carbonyl (C=O) groups excluding carboxylic acids is 1. The molecular formula is C18H21N5O2S. The van der Waals surface area contributed by atoms with Crippen LogP contribution in [0.2, 0.25) is 0 Å². The summed E-state index contributed by atoms with van der Waals surface area (Å²) in [6.45, 7) is 2.84. The normalized spacial score (nSPS) is 10.5. The largest absolute Gasteiger partial charge is 0.466 e. The number of hydrazone groups is 1. The number of esters is 1. The molecule has 0 saturated carbocycles. The van der Waals surface area contributed by atoms with E-state index in [1.807, 2.05) is 36.2 Å². The zero-order valence-corrected chi connectivity index (χ0v) is 15.6. The molecule has 0 bridgehead atoms. The number of nitriles is 1. The fraction of sp³-hybridized carbons (Fsp3) is 0.333. The van der Waals surface area contributed by atoms with Crippen molar-refractivity contribution in [3.8, 4) is 6.07 Å². The lowest BCUT2D eigenvalue weighted by atomic mass is 10.2. The third-order valence-corrected chi connectivity index (χ3v) is 4.24. The molecule has 2 aromatic rings. The molecule has 1 heterocycles. The van der Waals surface area contributed by atoms with Crippen molar-refractivity contribution < 1.29 is 9.53 Å². The number of carbonyl (C=O) groups is 1. The molecule has 136 valence electrons. The molecule has 2 rings (SSSR count). The first-order chi connectivity index (χ1) is 12.6. The lowest BCUT2D eigenvalue weighted by molar-refractivity contribution is -0.142. The molecule has 26 heavy (non-hydrogen) atoms. The Morgan fingerprint density at radius 2 is 2.23 bits per heavy atom. The molecule has 8 heteroatoms. The minimum absolute atomic E-state index is 0.163. The van der Waals surface area contributed by atoms with Gasteiger partial charge in [-0.05, 0) is 24.6 Å². The maximum atomic E-state index is 11.4. The summed E-state index contributed by atoms with van der Waals surface area (Å²) < 4.78 is 4.90. The molecule has 0 radical (unpaired) electrons. The van der Waals surface area contributed by atoms with E-state index in [-0.39, 0.29) is 12.4 Å². The highest BCUT2D eigenvalue weighted by Gasteiger charge is 2.07. The molecule has 7 nitrogen and oxygen atoms in total. The van der Waals surface area contributed by atoms with Gasteiger partial charge in [0.05, 0.1) is 37.4 Å². The summed E-state index contributed by atoms with van der Waals surface area (Å²) in [5.74, 6) is -0.285. The number of ether oxygens (including phenoxy) is 1. The zero-order chi connectivity index (χ0) is 18.8. The van der Waals surface area contributed by atoms with Gasteiger partial charge in [-0.2, -0.15) is 10.4 Å². The quantitative estimate of drug-likeness (QED) is 0.414. The smallest absolute Gasteiger partial charge is 0.311 e. The van der Waals surface area contributed by atoms with Crippen LogP contribution >= 0.6 is 11.3 Å². The van der Waals surface area contributed by atoms with Crippen molar-refractivity contribution in [1.82, 2.24) is 4.98 Å². The second-order valence-corrected chi connectivity index (χ2v) is 6.28. The Labute approximate surface area is 156 Å². The molecule has 0 saturated heterocycles. The van der Waals surface area contributed by atoms with Crippen molar-refractivity contribution in [2.24, 2.45) is 5.10 Å². The molecular weight excluding hydrogens is 350 g/mol. The Morgan fingerprint density at radius 1 is 1.46 bits per heavy atom. The van der Waals surface area contributed by atoms with E-state index in [1.54, 1.807) is 18.5 Å². The molecule has 0 spiro atoms. The number of thiazole rings is 1. The summed E-state index contributed by atoms with van der Waals surface area (Å²) in [7, 11) is 1.96. The highest BCUT2D eigenvalue weighted by atomic mass is 32.1. The van der Waals surface area contributed by atoms with Gasteiger partial charge in [-0.1, -0.05) is 12.1 Å². The summed E-state index contributed by atoms with van der Waals surface area (Å²) in [4.78, 5) is 17.7. The van der Waals surface area contributed by atoms with Crippen LogP contribution in [0.1, 0.15) is 24.6 Å². The van der Waals surface area contributed by atoms with E-state index in [4.69, 9.17) is 10.00 Å². The van der Waals surface area contributed by atoms with Gasteiger partial charge in [-0.3, -0.25) is 10.2 Å². The lowest BCUT2D eigenvalue weighted by Gasteiger charge is -2.17. The summed E-state index contributed by atoms with van der Waals surface area (Å²) >= 11 is 1.38. The van der Waals surface area contributed by atoms with Gasteiger partial charge in [0, 0.05) is 24.7 Å². The molecule has 0 fully saturated rings. The molecule has 0 aliphatic rings. The number of hydrogen-bond acceptors (Lipinski definition) is 8. The van der Waals surface area contributed by atoms with Gasteiger partial charge in [0.15, 0.2) is 0 Å². The van der Waals surface area contributed by atoms with Crippen LogP contribution in [0, 0.1) is 11.3 Å². The summed E-state index contributed by atoms with van der Waals surface area (Å²) in [6, 6.07) is 10.0. The average molecular weight is 371 g/mol. The summed E-state index contributed by atoms with van der Waals surface area (Å²) in [6.07, 6.45) is 2.36. The van der Waals surface area contributed by atoms with E-state index in [9.17, 15) is 4.79 Å². The van der Waals surface area contributed by atoms with Gasteiger partial charge in [0.2, 0.25) is 5.13 Å². The Bertz CT molecular complexity index is 780. The van der Waals surface area contributed by atoms with E-state index >= 15 is 0 Å². The maximum Gasteiger partial charge on any atom is 0.311 e. The van der Waals surface area contributed by atoms with Gasteiger partial charge in [-0.25, -0.2) is 4.98 Å². The molecule has 0 amide bonds. The van der Waals surface area contributed by atoms with E-state index in [1.165, 1.54) is 11.3 Å². The number of rotatable bonds is 9. The minimum Gasteiger partial charge on any atom is -0.466 e. The van der Waals surface area contributed by atoms with Gasteiger partial charge in [-0.15, -0.1) is 11.3 Å². The summed E-state index contributed by atoms with van der Waals surface area (Å²) in [5.41, 5.74) is 5.52. The number of benzene rings is 1. The number of aromatic nitrogens is 1.